The molecule has 2 heterocycles. The highest BCUT2D eigenvalue weighted by atomic mass is 16.5. The number of carbonyl (C=O) groups excluding carboxylic acids is 1. The van der Waals surface area contributed by atoms with Gasteiger partial charge in [-0.2, -0.15) is 0 Å². The lowest BCUT2D eigenvalue weighted by molar-refractivity contribution is -0.129. The Balaban J connectivity index is 1.57. The smallest absolute Gasteiger partial charge is 0.249 e. The van der Waals surface area contributed by atoms with Gasteiger partial charge in [-0.05, 0) is 65.1 Å². The largest absolute Gasteiger partial charge is 0.379 e. The van der Waals surface area contributed by atoms with Crippen molar-refractivity contribution in [2.75, 3.05) is 39.4 Å². The normalized spacial score (nSPS) is 30.1. The van der Waals surface area contributed by atoms with Crippen LogP contribution in [0, 0.1) is 5.92 Å². The lowest BCUT2D eigenvalue weighted by Crippen LogP contribution is -2.44. The molecule has 130 valence electrons. The molecule has 0 aromatic carbocycles. The number of amides is 1. The quantitative estimate of drug-likeness (QED) is 0.798. The fourth-order valence-corrected chi connectivity index (χ4v) is 4.19. The summed E-state index contributed by atoms with van der Waals surface area (Å²) in [5, 5.41) is 0. The average molecular weight is 320 g/mol. The summed E-state index contributed by atoms with van der Waals surface area (Å²) in [6.45, 7) is 8.11. The number of ether oxygens (including phenoxy) is 1. The Labute approximate surface area is 140 Å². The van der Waals surface area contributed by atoms with E-state index in [4.69, 9.17) is 4.74 Å². The van der Waals surface area contributed by atoms with Crippen molar-refractivity contribution in [3.63, 3.8) is 0 Å². The maximum atomic E-state index is 12.8. The first-order valence-corrected chi connectivity index (χ1v) is 9.56. The molecule has 0 aromatic rings. The highest BCUT2D eigenvalue weighted by Crippen LogP contribution is 2.25. The number of rotatable bonds is 4. The van der Waals surface area contributed by atoms with Gasteiger partial charge in [0.1, 0.15) is 0 Å². The maximum absolute atomic E-state index is 12.8. The predicted octanol–water partition coefficient (Wildman–Crippen LogP) is 2.84. The molecule has 3 aliphatic rings. The SMILES string of the molecule is C[C@H]1[C@H](CCN2CCCCC2)COCCN1C(=O)C1=CCCC1. The van der Waals surface area contributed by atoms with E-state index in [0.717, 1.165) is 51.0 Å². The third-order valence-electron chi connectivity index (χ3n) is 5.82. The van der Waals surface area contributed by atoms with Gasteiger partial charge in [-0.25, -0.2) is 0 Å². The number of allylic oxidation sites excluding steroid dienone is 1. The van der Waals surface area contributed by atoms with Gasteiger partial charge in [0.05, 0.1) is 13.2 Å². The number of nitrogens with zero attached hydrogens (tertiary/aromatic N) is 2. The molecule has 0 N–H and O–H groups in total. The molecule has 0 spiro atoms. The number of likely N-dealkylation sites (tertiary alicyclic amines) is 1. The first-order chi connectivity index (χ1) is 11.3. The molecule has 0 unspecified atom stereocenters. The van der Waals surface area contributed by atoms with Crippen LogP contribution in [-0.2, 0) is 9.53 Å². The van der Waals surface area contributed by atoms with E-state index in [2.05, 4.69) is 22.8 Å². The maximum Gasteiger partial charge on any atom is 0.249 e. The van der Waals surface area contributed by atoms with Crippen molar-refractivity contribution >= 4 is 5.91 Å². The van der Waals surface area contributed by atoms with E-state index in [9.17, 15) is 4.79 Å². The molecule has 2 fully saturated rings. The standard InChI is InChI=1S/C19H32N2O2/c1-16-18(9-12-20-10-5-2-6-11-20)15-23-14-13-21(16)19(22)17-7-3-4-8-17/h7,16,18H,2-6,8-15H2,1H3/t16-,18+/m0/s1. The minimum atomic E-state index is 0.267. The van der Waals surface area contributed by atoms with E-state index in [1.807, 2.05) is 0 Å². The molecule has 4 heteroatoms. The molecular formula is C19H32N2O2. The van der Waals surface area contributed by atoms with Crippen molar-refractivity contribution in [1.82, 2.24) is 9.80 Å². The molecule has 1 aliphatic carbocycles. The van der Waals surface area contributed by atoms with Gasteiger partial charge in [0.15, 0.2) is 0 Å². The van der Waals surface area contributed by atoms with Crippen LogP contribution in [0.1, 0.15) is 51.9 Å². The first-order valence-electron chi connectivity index (χ1n) is 9.56. The van der Waals surface area contributed by atoms with E-state index in [-0.39, 0.29) is 11.9 Å². The summed E-state index contributed by atoms with van der Waals surface area (Å²) in [5.74, 6) is 0.730. The summed E-state index contributed by atoms with van der Waals surface area (Å²) in [5.41, 5.74) is 1.04. The van der Waals surface area contributed by atoms with Gasteiger partial charge in [-0.15, -0.1) is 0 Å². The van der Waals surface area contributed by atoms with Gasteiger partial charge in [-0.1, -0.05) is 12.5 Å². The van der Waals surface area contributed by atoms with Crippen LogP contribution in [0.4, 0.5) is 0 Å². The van der Waals surface area contributed by atoms with Gasteiger partial charge >= 0.3 is 0 Å². The molecule has 0 saturated carbocycles. The summed E-state index contributed by atoms with van der Waals surface area (Å²) in [4.78, 5) is 17.5. The minimum absolute atomic E-state index is 0.267. The van der Waals surface area contributed by atoms with E-state index in [1.54, 1.807) is 0 Å². The molecule has 23 heavy (non-hydrogen) atoms. The Morgan fingerprint density at radius 1 is 1.22 bits per heavy atom. The predicted molar refractivity (Wildman–Crippen MR) is 92.3 cm³/mol. The molecule has 0 aromatic heterocycles. The molecule has 4 nitrogen and oxygen atoms in total. The summed E-state index contributed by atoms with van der Waals surface area (Å²) in [7, 11) is 0. The summed E-state index contributed by atoms with van der Waals surface area (Å²) < 4.78 is 5.83. The molecule has 2 atom stereocenters. The molecule has 3 rings (SSSR count). The van der Waals surface area contributed by atoms with Gasteiger partial charge in [0.2, 0.25) is 5.91 Å². The number of carbonyl (C=O) groups is 1. The van der Waals surface area contributed by atoms with Crippen LogP contribution in [0.2, 0.25) is 0 Å². The van der Waals surface area contributed by atoms with Crippen LogP contribution in [0.5, 0.6) is 0 Å². The first kappa shape index (κ1) is 17.0. The Hall–Kier alpha value is -0.870. The molecule has 2 aliphatic heterocycles. The molecule has 1 amide bonds. The molecule has 2 saturated heterocycles. The van der Waals surface area contributed by atoms with E-state index >= 15 is 0 Å². The van der Waals surface area contributed by atoms with Gasteiger partial charge < -0.3 is 14.5 Å². The van der Waals surface area contributed by atoms with Crippen molar-refractivity contribution in [2.45, 2.75) is 57.9 Å². The van der Waals surface area contributed by atoms with Crippen molar-refractivity contribution in [3.8, 4) is 0 Å². The molecule has 0 bridgehead atoms. The van der Waals surface area contributed by atoms with Crippen molar-refractivity contribution < 1.29 is 9.53 Å². The second kappa shape index (κ2) is 8.29. The van der Waals surface area contributed by atoms with Gasteiger partial charge in [0, 0.05) is 24.1 Å². The molecular weight excluding hydrogens is 288 g/mol. The Morgan fingerprint density at radius 2 is 2.04 bits per heavy atom. The van der Waals surface area contributed by atoms with Gasteiger partial charge in [-0.3, -0.25) is 4.79 Å². The van der Waals surface area contributed by atoms with E-state index < -0.39 is 0 Å². The second-order valence-electron chi connectivity index (χ2n) is 7.39. The van der Waals surface area contributed by atoms with E-state index in [1.165, 1.54) is 32.4 Å². The topological polar surface area (TPSA) is 32.8 Å². The van der Waals surface area contributed by atoms with E-state index in [0.29, 0.717) is 12.5 Å². The summed E-state index contributed by atoms with van der Waals surface area (Å²) >= 11 is 0. The molecule has 0 radical (unpaired) electrons. The van der Waals surface area contributed by atoms with Crippen LogP contribution in [0.25, 0.3) is 0 Å². The van der Waals surface area contributed by atoms with Crippen LogP contribution < -0.4 is 0 Å². The van der Waals surface area contributed by atoms with Crippen LogP contribution in [0.15, 0.2) is 11.6 Å². The van der Waals surface area contributed by atoms with Crippen LogP contribution >= 0.6 is 0 Å². The van der Waals surface area contributed by atoms with Crippen LogP contribution in [-0.4, -0.2) is 61.1 Å². The second-order valence-corrected chi connectivity index (χ2v) is 7.39. The fraction of sp³-hybridized carbons (Fsp3) is 0.842. The zero-order valence-electron chi connectivity index (χ0n) is 14.6. The number of hydrogen-bond donors (Lipinski definition) is 0. The van der Waals surface area contributed by atoms with Crippen molar-refractivity contribution in [1.29, 1.82) is 0 Å². The van der Waals surface area contributed by atoms with Crippen molar-refractivity contribution in [2.24, 2.45) is 5.92 Å². The zero-order valence-corrected chi connectivity index (χ0v) is 14.6. The Kier molecular flexibility index (Phi) is 6.12. The highest BCUT2D eigenvalue weighted by molar-refractivity contribution is 5.94. The van der Waals surface area contributed by atoms with Crippen molar-refractivity contribution in [3.05, 3.63) is 11.6 Å². The monoisotopic (exact) mass is 320 g/mol. The van der Waals surface area contributed by atoms with Crippen LogP contribution in [0.3, 0.4) is 0 Å². The number of piperidine rings is 1. The lowest BCUT2D eigenvalue weighted by atomic mass is 9.95. The summed E-state index contributed by atoms with van der Waals surface area (Å²) in [6.07, 6.45) is 10.5. The lowest BCUT2D eigenvalue weighted by Gasteiger charge is -2.34. The Bertz CT molecular complexity index is 429. The number of hydrogen-bond acceptors (Lipinski definition) is 3. The fourth-order valence-electron chi connectivity index (χ4n) is 4.19. The van der Waals surface area contributed by atoms with Gasteiger partial charge in [0.25, 0.3) is 0 Å². The third-order valence-corrected chi connectivity index (χ3v) is 5.82. The Morgan fingerprint density at radius 3 is 2.78 bits per heavy atom. The zero-order chi connectivity index (χ0) is 16.1. The highest BCUT2D eigenvalue weighted by Gasteiger charge is 2.31. The summed E-state index contributed by atoms with van der Waals surface area (Å²) in [6, 6.07) is 0.288. The third kappa shape index (κ3) is 4.36. The minimum Gasteiger partial charge on any atom is -0.379 e. The average Bonchev–Trinajstić information content (AvgIpc) is 3.05.